The van der Waals surface area contributed by atoms with Gasteiger partial charge in [-0.1, -0.05) is 36.4 Å². The van der Waals surface area contributed by atoms with Crippen molar-refractivity contribution in [3.63, 3.8) is 0 Å². The fraction of sp³-hybridized carbons (Fsp3) is 0.310. The lowest BCUT2D eigenvalue weighted by molar-refractivity contribution is -0.143. The number of anilines is 3. The zero-order valence-electron chi connectivity index (χ0n) is 20.6. The molecule has 188 valence electrons. The average Bonchev–Trinajstić information content (AvgIpc) is 2.88. The molecule has 2 N–H and O–H groups in total. The largest absolute Gasteiger partial charge is 0.466 e. The van der Waals surface area contributed by atoms with Crippen molar-refractivity contribution in [2.24, 2.45) is 0 Å². The van der Waals surface area contributed by atoms with Crippen LogP contribution in [0.15, 0.2) is 66.7 Å². The number of nitrogens with one attached hydrogen (secondary N) is 2. The van der Waals surface area contributed by atoms with E-state index in [1.807, 2.05) is 42.5 Å². The maximum atomic E-state index is 14.6. The van der Waals surface area contributed by atoms with E-state index in [4.69, 9.17) is 4.74 Å². The van der Waals surface area contributed by atoms with Gasteiger partial charge in [0.15, 0.2) is 0 Å². The van der Waals surface area contributed by atoms with Gasteiger partial charge in [-0.25, -0.2) is 4.39 Å². The summed E-state index contributed by atoms with van der Waals surface area (Å²) in [7, 11) is 0. The van der Waals surface area contributed by atoms with Crippen LogP contribution in [0.1, 0.15) is 36.5 Å². The summed E-state index contributed by atoms with van der Waals surface area (Å²) in [5.74, 6) is -0.703. The summed E-state index contributed by atoms with van der Waals surface area (Å²) < 4.78 is 19.5. The maximum Gasteiger partial charge on any atom is 0.306 e. The first kappa shape index (κ1) is 25.2. The second kappa shape index (κ2) is 12.2. The molecule has 0 fully saturated rings. The van der Waals surface area contributed by atoms with Gasteiger partial charge in [-0.05, 0) is 73.2 Å². The Bertz CT molecular complexity index is 1200. The molecule has 7 heteroatoms. The summed E-state index contributed by atoms with van der Waals surface area (Å²) in [5.41, 5.74) is 5.39. The van der Waals surface area contributed by atoms with E-state index in [0.717, 1.165) is 36.3 Å². The van der Waals surface area contributed by atoms with Gasteiger partial charge in [0.2, 0.25) is 5.91 Å². The summed E-state index contributed by atoms with van der Waals surface area (Å²) in [4.78, 5) is 26.3. The molecule has 3 aromatic carbocycles. The molecular formula is C29H32FN3O3. The summed E-state index contributed by atoms with van der Waals surface area (Å²) in [5, 5.41) is 6.28. The van der Waals surface area contributed by atoms with Gasteiger partial charge in [0.1, 0.15) is 5.82 Å². The molecule has 3 aromatic rings. The van der Waals surface area contributed by atoms with Gasteiger partial charge in [-0.2, -0.15) is 0 Å². The summed E-state index contributed by atoms with van der Waals surface area (Å²) in [6.07, 6.45) is 2.37. The number of nitrogens with zero attached hydrogens (tertiary/aromatic N) is 1. The van der Waals surface area contributed by atoms with Crippen LogP contribution in [0, 0.1) is 5.82 Å². The van der Waals surface area contributed by atoms with Crippen molar-refractivity contribution in [2.75, 3.05) is 35.2 Å². The predicted octanol–water partition coefficient (Wildman–Crippen LogP) is 5.32. The highest BCUT2D eigenvalue weighted by molar-refractivity contribution is 5.94. The van der Waals surface area contributed by atoms with E-state index in [1.165, 1.54) is 11.6 Å². The van der Waals surface area contributed by atoms with E-state index in [-0.39, 0.29) is 30.7 Å². The number of hydrogen-bond acceptors (Lipinski definition) is 5. The molecule has 36 heavy (non-hydrogen) atoms. The van der Waals surface area contributed by atoms with Crippen molar-refractivity contribution in [3.05, 3.63) is 89.2 Å². The van der Waals surface area contributed by atoms with Gasteiger partial charge in [-0.3, -0.25) is 9.59 Å². The number of rotatable bonds is 10. The van der Waals surface area contributed by atoms with Crippen molar-refractivity contribution >= 4 is 28.9 Å². The third-order valence-electron chi connectivity index (χ3n) is 6.28. The van der Waals surface area contributed by atoms with E-state index < -0.39 is 0 Å². The Morgan fingerprint density at radius 2 is 1.83 bits per heavy atom. The number of esters is 1. The first-order valence-electron chi connectivity index (χ1n) is 12.4. The van der Waals surface area contributed by atoms with Crippen LogP contribution in [0.3, 0.4) is 0 Å². The third kappa shape index (κ3) is 6.62. The first-order valence-corrected chi connectivity index (χ1v) is 12.4. The maximum absolute atomic E-state index is 14.6. The number of hydrogen-bond donors (Lipinski definition) is 2. The molecule has 0 bridgehead atoms. The van der Waals surface area contributed by atoms with Crippen molar-refractivity contribution in [3.8, 4) is 0 Å². The quantitative estimate of drug-likeness (QED) is 0.377. The number of carbonyl (C=O) groups is 2. The van der Waals surface area contributed by atoms with Gasteiger partial charge in [0, 0.05) is 36.6 Å². The van der Waals surface area contributed by atoms with Gasteiger partial charge < -0.3 is 20.3 Å². The van der Waals surface area contributed by atoms with Gasteiger partial charge in [0.25, 0.3) is 0 Å². The number of amides is 1. The van der Waals surface area contributed by atoms with Crippen LogP contribution in [0.2, 0.25) is 0 Å². The SMILES string of the molecule is CCOC(=O)CCc1ccc(NCc2cccc3c2CCCN3CC(=O)Nc2ccccc2)cc1F. The highest BCUT2D eigenvalue weighted by atomic mass is 19.1. The highest BCUT2D eigenvalue weighted by Gasteiger charge is 2.21. The minimum Gasteiger partial charge on any atom is -0.466 e. The summed E-state index contributed by atoms with van der Waals surface area (Å²) in [6.45, 7) is 3.74. The van der Waals surface area contributed by atoms with Crippen molar-refractivity contribution in [1.29, 1.82) is 0 Å². The van der Waals surface area contributed by atoms with Gasteiger partial charge in [-0.15, -0.1) is 0 Å². The highest BCUT2D eigenvalue weighted by Crippen LogP contribution is 2.30. The molecule has 0 aromatic heterocycles. The molecule has 0 radical (unpaired) electrons. The van der Waals surface area contributed by atoms with E-state index in [2.05, 4.69) is 27.7 Å². The molecule has 0 saturated heterocycles. The predicted molar refractivity (Wildman–Crippen MR) is 141 cm³/mol. The standard InChI is InChI=1S/C29H32FN3O3/c1-2-36-29(35)16-14-21-13-15-24(18-26(21)30)31-19-22-8-6-12-27-25(22)11-7-17-33(27)20-28(34)32-23-9-4-3-5-10-23/h3-6,8-10,12-13,15,18,31H,2,7,11,14,16-17,19-20H2,1H3,(H,32,34). The average molecular weight is 490 g/mol. The summed E-state index contributed by atoms with van der Waals surface area (Å²) >= 11 is 0. The van der Waals surface area contributed by atoms with Crippen LogP contribution in [-0.2, 0) is 33.7 Å². The van der Waals surface area contributed by atoms with Gasteiger partial charge in [0.05, 0.1) is 13.2 Å². The molecule has 6 nitrogen and oxygen atoms in total. The van der Waals surface area contributed by atoms with Crippen LogP contribution in [0.5, 0.6) is 0 Å². The number of carbonyl (C=O) groups excluding carboxylic acids is 2. The molecule has 0 aliphatic carbocycles. The van der Waals surface area contributed by atoms with Crippen LogP contribution in [-0.4, -0.2) is 31.6 Å². The number of fused-ring (bicyclic) bond motifs is 1. The van der Waals surface area contributed by atoms with Gasteiger partial charge >= 0.3 is 5.97 Å². The lowest BCUT2D eigenvalue weighted by Crippen LogP contribution is -2.37. The zero-order chi connectivity index (χ0) is 25.3. The molecular weight excluding hydrogens is 457 g/mol. The van der Waals surface area contributed by atoms with Crippen LogP contribution in [0.4, 0.5) is 21.5 Å². The smallest absolute Gasteiger partial charge is 0.306 e. The van der Waals surface area contributed by atoms with Crippen LogP contribution in [0.25, 0.3) is 0 Å². The van der Waals surface area contributed by atoms with E-state index in [9.17, 15) is 14.0 Å². The Morgan fingerprint density at radius 1 is 1.00 bits per heavy atom. The van der Waals surface area contributed by atoms with E-state index >= 15 is 0 Å². The molecule has 4 rings (SSSR count). The minimum absolute atomic E-state index is 0.0453. The molecule has 1 heterocycles. The number of benzene rings is 3. The Balaban J connectivity index is 1.38. The number of para-hydroxylation sites is 1. The molecule has 1 amide bonds. The Hall–Kier alpha value is -3.87. The second-order valence-electron chi connectivity index (χ2n) is 8.82. The Morgan fingerprint density at radius 3 is 2.61 bits per heavy atom. The molecule has 0 saturated carbocycles. The van der Waals surface area contributed by atoms with E-state index in [0.29, 0.717) is 30.8 Å². The monoisotopic (exact) mass is 489 g/mol. The third-order valence-corrected chi connectivity index (χ3v) is 6.28. The number of halogens is 1. The van der Waals surface area contributed by atoms with E-state index in [1.54, 1.807) is 13.0 Å². The molecule has 1 aliphatic heterocycles. The topological polar surface area (TPSA) is 70.7 Å². The molecule has 0 atom stereocenters. The summed E-state index contributed by atoms with van der Waals surface area (Å²) in [6, 6.07) is 20.6. The van der Waals surface area contributed by atoms with Crippen molar-refractivity contribution < 1.29 is 18.7 Å². The second-order valence-corrected chi connectivity index (χ2v) is 8.82. The number of ether oxygens (including phenoxy) is 1. The lowest BCUT2D eigenvalue weighted by atomic mass is 9.96. The number of aryl methyl sites for hydroxylation is 1. The fourth-order valence-electron chi connectivity index (χ4n) is 4.53. The normalized spacial score (nSPS) is 12.6. The van der Waals surface area contributed by atoms with Crippen molar-refractivity contribution in [1.82, 2.24) is 0 Å². The Labute approximate surface area is 211 Å². The van der Waals surface area contributed by atoms with Crippen LogP contribution < -0.4 is 15.5 Å². The zero-order valence-corrected chi connectivity index (χ0v) is 20.6. The fourth-order valence-corrected chi connectivity index (χ4v) is 4.53. The Kier molecular flexibility index (Phi) is 8.55. The van der Waals surface area contributed by atoms with Crippen molar-refractivity contribution in [2.45, 2.75) is 39.2 Å². The molecule has 1 aliphatic rings. The lowest BCUT2D eigenvalue weighted by Gasteiger charge is -2.32. The minimum atomic E-state index is -0.338. The molecule has 0 spiro atoms. The first-order chi connectivity index (χ1) is 17.5. The molecule has 0 unspecified atom stereocenters. The van der Waals surface area contributed by atoms with Crippen LogP contribution >= 0.6 is 0 Å².